The average molecular weight is 266 g/mol. The lowest BCUT2D eigenvalue weighted by Gasteiger charge is -2.20. The van der Waals surface area contributed by atoms with Crippen molar-refractivity contribution in [2.24, 2.45) is 0 Å². The summed E-state index contributed by atoms with van der Waals surface area (Å²) in [6.07, 6.45) is 0.778. The van der Waals surface area contributed by atoms with Gasteiger partial charge in [0, 0.05) is 6.07 Å². The standard InChI is InChI=1S/C10H10N4O3S/c11-6-3-7(12)14-10(13-6)18-9-5(16)2-1-4(15)8(9)17/h1-3,8-9,17H,(H4,11,12,13,14). The van der Waals surface area contributed by atoms with Crippen LogP contribution < -0.4 is 11.5 Å². The number of aliphatic hydroxyl groups excluding tert-OH is 1. The van der Waals surface area contributed by atoms with Crippen LogP contribution in [0.15, 0.2) is 23.4 Å². The van der Waals surface area contributed by atoms with Crippen LogP contribution in [0.25, 0.3) is 0 Å². The highest BCUT2D eigenvalue weighted by Crippen LogP contribution is 2.27. The van der Waals surface area contributed by atoms with Gasteiger partial charge < -0.3 is 16.6 Å². The van der Waals surface area contributed by atoms with Crippen LogP contribution in [0.3, 0.4) is 0 Å². The summed E-state index contributed by atoms with van der Waals surface area (Å²) in [4.78, 5) is 30.6. The van der Waals surface area contributed by atoms with E-state index in [0.29, 0.717) is 0 Å². The van der Waals surface area contributed by atoms with Crippen LogP contribution in [0.1, 0.15) is 0 Å². The number of nitrogen functional groups attached to an aromatic ring is 2. The predicted octanol–water partition coefficient (Wildman–Crippen LogP) is -0.829. The van der Waals surface area contributed by atoms with Gasteiger partial charge in [0.05, 0.1) is 0 Å². The molecule has 0 aliphatic heterocycles. The highest BCUT2D eigenvalue weighted by Gasteiger charge is 2.34. The minimum atomic E-state index is -1.40. The molecule has 0 bridgehead atoms. The Morgan fingerprint density at radius 3 is 2.28 bits per heavy atom. The summed E-state index contributed by atoms with van der Waals surface area (Å²) in [5, 5.41) is 8.82. The number of thioether (sulfide) groups is 1. The topological polar surface area (TPSA) is 132 Å². The third-order valence-corrected chi connectivity index (χ3v) is 3.39. The third kappa shape index (κ3) is 2.49. The first-order chi connectivity index (χ1) is 8.47. The Balaban J connectivity index is 2.25. The van der Waals surface area contributed by atoms with Crippen molar-refractivity contribution in [2.75, 3.05) is 11.5 Å². The second kappa shape index (κ2) is 4.75. The van der Waals surface area contributed by atoms with Crippen molar-refractivity contribution in [3.05, 3.63) is 18.2 Å². The fraction of sp³-hybridized carbons (Fsp3) is 0.200. The number of hydrogen-bond acceptors (Lipinski definition) is 8. The van der Waals surface area contributed by atoms with E-state index in [1.807, 2.05) is 0 Å². The fourth-order valence-electron chi connectivity index (χ4n) is 1.41. The highest BCUT2D eigenvalue weighted by molar-refractivity contribution is 8.00. The molecule has 18 heavy (non-hydrogen) atoms. The van der Waals surface area contributed by atoms with Gasteiger partial charge in [0.1, 0.15) is 23.0 Å². The van der Waals surface area contributed by atoms with Gasteiger partial charge in [-0.1, -0.05) is 11.8 Å². The molecule has 0 amide bonds. The highest BCUT2D eigenvalue weighted by atomic mass is 32.2. The van der Waals surface area contributed by atoms with Crippen molar-refractivity contribution in [2.45, 2.75) is 16.5 Å². The zero-order chi connectivity index (χ0) is 13.3. The van der Waals surface area contributed by atoms with Crippen molar-refractivity contribution in [3.63, 3.8) is 0 Å². The van der Waals surface area contributed by atoms with Gasteiger partial charge in [-0.3, -0.25) is 9.59 Å². The first-order valence-corrected chi connectivity index (χ1v) is 5.86. The molecule has 2 atom stereocenters. The van der Waals surface area contributed by atoms with Crippen LogP contribution in [0.5, 0.6) is 0 Å². The molecular formula is C10H10N4O3S. The number of nitrogens with two attached hydrogens (primary N) is 2. The van der Waals surface area contributed by atoms with Gasteiger partial charge >= 0.3 is 0 Å². The summed E-state index contributed by atoms with van der Waals surface area (Å²) in [5.41, 5.74) is 11.0. The predicted molar refractivity (Wildman–Crippen MR) is 65.7 cm³/mol. The number of aliphatic hydroxyl groups is 1. The monoisotopic (exact) mass is 266 g/mol. The van der Waals surface area contributed by atoms with Crippen LogP contribution in [0, 0.1) is 0 Å². The van der Waals surface area contributed by atoms with Crippen molar-refractivity contribution in [3.8, 4) is 0 Å². The smallest absolute Gasteiger partial charge is 0.192 e. The van der Waals surface area contributed by atoms with Gasteiger partial charge in [-0.15, -0.1) is 0 Å². The SMILES string of the molecule is Nc1cc(N)nc(SC2C(=O)C=CC(=O)C2O)n1. The number of aromatic nitrogens is 2. The second-order valence-electron chi connectivity index (χ2n) is 3.62. The minimum absolute atomic E-state index is 0.146. The average Bonchev–Trinajstić information content (AvgIpc) is 2.28. The van der Waals surface area contributed by atoms with Gasteiger partial charge in [0.15, 0.2) is 16.7 Å². The Hall–Kier alpha value is -1.93. The molecule has 5 N–H and O–H groups in total. The van der Waals surface area contributed by atoms with Crippen molar-refractivity contribution in [1.82, 2.24) is 9.97 Å². The summed E-state index contributed by atoms with van der Waals surface area (Å²) >= 11 is 0.859. The van der Waals surface area contributed by atoms with Crippen LogP contribution in [-0.4, -0.2) is 38.0 Å². The first-order valence-electron chi connectivity index (χ1n) is 4.98. The number of anilines is 2. The zero-order valence-corrected chi connectivity index (χ0v) is 9.92. The molecule has 1 aromatic rings. The van der Waals surface area contributed by atoms with E-state index in [2.05, 4.69) is 9.97 Å². The molecular weight excluding hydrogens is 256 g/mol. The molecule has 0 aromatic carbocycles. The number of carbonyl (C=O) groups excluding carboxylic acids is 2. The molecule has 94 valence electrons. The van der Waals surface area contributed by atoms with E-state index >= 15 is 0 Å². The molecule has 0 saturated heterocycles. The van der Waals surface area contributed by atoms with Gasteiger partial charge in [0.25, 0.3) is 0 Å². The van der Waals surface area contributed by atoms with E-state index in [1.165, 1.54) is 6.07 Å². The third-order valence-electron chi connectivity index (χ3n) is 2.25. The van der Waals surface area contributed by atoms with Gasteiger partial charge in [-0.2, -0.15) is 0 Å². The number of rotatable bonds is 2. The van der Waals surface area contributed by atoms with E-state index in [1.54, 1.807) is 0 Å². The molecule has 0 saturated carbocycles. The number of nitrogens with zero attached hydrogens (tertiary/aromatic N) is 2. The maximum atomic E-state index is 11.6. The molecule has 1 aliphatic carbocycles. The van der Waals surface area contributed by atoms with Crippen LogP contribution in [-0.2, 0) is 9.59 Å². The largest absolute Gasteiger partial charge is 0.383 e. The lowest BCUT2D eigenvalue weighted by atomic mass is 10.0. The number of allylic oxidation sites excluding steroid dienone is 1. The first kappa shape index (κ1) is 12.5. The molecule has 2 unspecified atom stereocenters. The molecule has 0 fully saturated rings. The Labute approximate surface area is 106 Å². The summed E-state index contributed by atoms with van der Waals surface area (Å²) in [5.74, 6) is -0.588. The van der Waals surface area contributed by atoms with Crippen molar-refractivity contribution >= 4 is 35.0 Å². The Bertz CT molecular complexity index is 526. The van der Waals surface area contributed by atoms with Crippen molar-refractivity contribution in [1.29, 1.82) is 0 Å². The molecule has 2 rings (SSSR count). The van der Waals surface area contributed by atoms with E-state index < -0.39 is 17.1 Å². The fourth-order valence-corrected chi connectivity index (χ4v) is 2.41. The van der Waals surface area contributed by atoms with Gasteiger partial charge in [0.2, 0.25) is 0 Å². The Morgan fingerprint density at radius 1 is 1.11 bits per heavy atom. The minimum Gasteiger partial charge on any atom is -0.383 e. The van der Waals surface area contributed by atoms with Crippen LogP contribution >= 0.6 is 11.8 Å². The number of hydrogen-bond donors (Lipinski definition) is 3. The molecule has 1 aromatic heterocycles. The van der Waals surface area contributed by atoms with E-state index in [9.17, 15) is 14.7 Å². The summed E-state index contributed by atoms with van der Waals surface area (Å²) in [6, 6.07) is 1.37. The Kier molecular flexibility index (Phi) is 3.30. The van der Waals surface area contributed by atoms with E-state index in [4.69, 9.17) is 11.5 Å². The summed E-state index contributed by atoms with van der Waals surface area (Å²) < 4.78 is 0. The quantitative estimate of drug-likeness (QED) is 0.591. The second-order valence-corrected chi connectivity index (χ2v) is 4.73. The molecule has 0 radical (unpaired) electrons. The lowest BCUT2D eigenvalue weighted by Crippen LogP contribution is -2.39. The van der Waals surface area contributed by atoms with E-state index in [-0.39, 0.29) is 22.6 Å². The molecule has 1 heterocycles. The maximum Gasteiger partial charge on any atom is 0.192 e. The summed E-state index contributed by atoms with van der Waals surface area (Å²) in [6.45, 7) is 0. The Morgan fingerprint density at radius 2 is 1.67 bits per heavy atom. The molecule has 0 spiro atoms. The number of ketones is 2. The van der Waals surface area contributed by atoms with Gasteiger partial charge in [-0.25, -0.2) is 9.97 Å². The number of carbonyl (C=O) groups is 2. The normalized spacial score (nSPS) is 23.4. The maximum absolute atomic E-state index is 11.6. The van der Waals surface area contributed by atoms with Gasteiger partial charge in [-0.05, 0) is 12.2 Å². The van der Waals surface area contributed by atoms with Crippen molar-refractivity contribution < 1.29 is 14.7 Å². The van der Waals surface area contributed by atoms with Crippen LogP contribution in [0.4, 0.5) is 11.6 Å². The zero-order valence-electron chi connectivity index (χ0n) is 9.11. The van der Waals surface area contributed by atoms with Crippen LogP contribution in [0.2, 0.25) is 0 Å². The molecule has 7 nitrogen and oxygen atoms in total. The van der Waals surface area contributed by atoms with E-state index in [0.717, 1.165) is 23.9 Å². The summed E-state index contributed by atoms with van der Waals surface area (Å²) in [7, 11) is 0. The lowest BCUT2D eigenvalue weighted by molar-refractivity contribution is -0.127. The molecule has 1 aliphatic rings. The molecule has 8 heteroatoms.